The zero-order chi connectivity index (χ0) is 21.2. The van der Waals surface area contributed by atoms with Crippen molar-refractivity contribution >= 4 is 23.5 Å². The fourth-order valence-electron chi connectivity index (χ4n) is 2.67. The number of anilines is 1. The SMILES string of the molecule is CCN(CC)c1ccc(C(=O)NNC(=O)COC(=O)c2ccccc2OC)cc1. The van der Waals surface area contributed by atoms with Crippen LogP contribution in [0.4, 0.5) is 5.69 Å². The van der Waals surface area contributed by atoms with Crippen molar-refractivity contribution in [3.05, 3.63) is 59.7 Å². The van der Waals surface area contributed by atoms with E-state index in [-0.39, 0.29) is 5.56 Å². The number of amides is 2. The molecule has 0 fully saturated rings. The van der Waals surface area contributed by atoms with E-state index >= 15 is 0 Å². The number of esters is 1. The number of carbonyl (C=O) groups is 3. The molecule has 0 spiro atoms. The summed E-state index contributed by atoms with van der Waals surface area (Å²) < 4.78 is 10.0. The Morgan fingerprint density at radius 2 is 1.59 bits per heavy atom. The summed E-state index contributed by atoms with van der Waals surface area (Å²) in [5, 5.41) is 0. The number of methoxy groups -OCH3 is 1. The van der Waals surface area contributed by atoms with Crippen LogP contribution in [0.15, 0.2) is 48.5 Å². The van der Waals surface area contributed by atoms with Crippen LogP contribution in [0.2, 0.25) is 0 Å². The van der Waals surface area contributed by atoms with Crippen molar-refractivity contribution in [3.63, 3.8) is 0 Å². The number of ether oxygens (including phenoxy) is 2. The molecule has 0 heterocycles. The third-order valence-corrected chi connectivity index (χ3v) is 4.23. The van der Waals surface area contributed by atoms with Crippen molar-refractivity contribution < 1.29 is 23.9 Å². The minimum absolute atomic E-state index is 0.208. The molecule has 0 aromatic heterocycles. The van der Waals surface area contributed by atoms with E-state index < -0.39 is 24.4 Å². The third-order valence-electron chi connectivity index (χ3n) is 4.23. The van der Waals surface area contributed by atoms with Crippen LogP contribution in [0, 0.1) is 0 Å². The maximum Gasteiger partial charge on any atom is 0.342 e. The Balaban J connectivity index is 1.82. The van der Waals surface area contributed by atoms with Gasteiger partial charge in [-0.15, -0.1) is 0 Å². The summed E-state index contributed by atoms with van der Waals surface area (Å²) in [6.07, 6.45) is 0. The number of nitrogens with zero attached hydrogens (tertiary/aromatic N) is 1. The molecule has 8 heteroatoms. The van der Waals surface area contributed by atoms with Gasteiger partial charge in [-0.1, -0.05) is 12.1 Å². The first-order chi connectivity index (χ1) is 14.0. The average Bonchev–Trinajstić information content (AvgIpc) is 2.77. The highest BCUT2D eigenvalue weighted by molar-refractivity contribution is 5.96. The fourth-order valence-corrected chi connectivity index (χ4v) is 2.67. The molecule has 29 heavy (non-hydrogen) atoms. The summed E-state index contributed by atoms with van der Waals surface area (Å²) in [7, 11) is 1.43. The second-order valence-corrected chi connectivity index (χ2v) is 6.00. The molecule has 154 valence electrons. The van der Waals surface area contributed by atoms with Gasteiger partial charge < -0.3 is 14.4 Å². The highest BCUT2D eigenvalue weighted by Crippen LogP contribution is 2.18. The molecule has 0 unspecified atom stereocenters. The first kappa shape index (κ1) is 21.7. The number of rotatable bonds is 8. The van der Waals surface area contributed by atoms with E-state index in [0.29, 0.717) is 11.3 Å². The number of carbonyl (C=O) groups excluding carboxylic acids is 3. The van der Waals surface area contributed by atoms with Crippen LogP contribution in [-0.2, 0) is 9.53 Å². The molecule has 2 amide bonds. The fraction of sp³-hybridized carbons (Fsp3) is 0.286. The summed E-state index contributed by atoms with van der Waals surface area (Å²) in [4.78, 5) is 38.2. The maximum absolute atomic E-state index is 12.1. The van der Waals surface area contributed by atoms with Crippen LogP contribution in [0.3, 0.4) is 0 Å². The lowest BCUT2D eigenvalue weighted by molar-refractivity contribution is -0.125. The standard InChI is InChI=1S/C21H25N3O5/c1-4-24(5-2)16-12-10-15(11-13-16)20(26)23-22-19(25)14-29-21(27)17-8-6-7-9-18(17)28-3/h6-13H,4-5,14H2,1-3H3,(H,22,25)(H,23,26). The Bertz CT molecular complexity index is 848. The molecule has 2 rings (SSSR count). The molecule has 0 aliphatic heterocycles. The molecule has 0 radical (unpaired) electrons. The van der Waals surface area contributed by atoms with Gasteiger partial charge in [0, 0.05) is 24.3 Å². The zero-order valence-corrected chi connectivity index (χ0v) is 16.7. The summed E-state index contributed by atoms with van der Waals surface area (Å²) in [6.45, 7) is 5.30. The normalized spacial score (nSPS) is 10.0. The van der Waals surface area contributed by atoms with Gasteiger partial charge in [0.1, 0.15) is 11.3 Å². The molecule has 0 aliphatic carbocycles. The highest BCUT2D eigenvalue weighted by atomic mass is 16.5. The van der Waals surface area contributed by atoms with Gasteiger partial charge in [-0.25, -0.2) is 4.79 Å². The molecular formula is C21H25N3O5. The Labute approximate surface area is 169 Å². The molecule has 2 aromatic carbocycles. The Morgan fingerprint density at radius 3 is 2.21 bits per heavy atom. The molecular weight excluding hydrogens is 374 g/mol. The van der Waals surface area contributed by atoms with Gasteiger partial charge in [-0.2, -0.15) is 0 Å². The number of hydrogen-bond acceptors (Lipinski definition) is 6. The summed E-state index contributed by atoms with van der Waals surface area (Å²) >= 11 is 0. The van der Waals surface area contributed by atoms with E-state index in [9.17, 15) is 14.4 Å². The molecule has 2 N–H and O–H groups in total. The monoisotopic (exact) mass is 399 g/mol. The number of para-hydroxylation sites is 1. The largest absolute Gasteiger partial charge is 0.496 e. The molecule has 0 saturated heterocycles. The van der Waals surface area contributed by atoms with Crippen molar-refractivity contribution in [1.82, 2.24) is 10.9 Å². The van der Waals surface area contributed by atoms with Crippen LogP contribution >= 0.6 is 0 Å². The van der Waals surface area contributed by atoms with E-state index in [2.05, 4.69) is 29.6 Å². The quantitative estimate of drug-likeness (QED) is 0.522. The zero-order valence-electron chi connectivity index (χ0n) is 16.7. The van der Waals surface area contributed by atoms with Crippen molar-refractivity contribution in [3.8, 4) is 5.75 Å². The van der Waals surface area contributed by atoms with Crippen LogP contribution < -0.4 is 20.5 Å². The minimum atomic E-state index is -0.698. The van der Waals surface area contributed by atoms with Crippen molar-refractivity contribution in [2.24, 2.45) is 0 Å². The van der Waals surface area contributed by atoms with Crippen molar-refractivity contribution in [2.45, 2.75) is 13.8 Å². The lowest BCUT2D eigenvalue weighted by Gasteiger charge is -2.21. The first-order valence-electron chi connectivity index (χ1n) is 9.24. The van der Waals surface area contributed by atoms with Crippen LogP contribution in [0.5, 0.6) is 5.75 Å². The summed E-state index contributed by atoms with van der Waals surface area (Å²) in [5.41, 5.74) is 6.13. The number of benzene rings is 2. The molecule has 0 aliphatic rings. The highest BCUT2D eigenvalue weighted by Gasteiger charge is 2.15. The molecule has 0 bridgehead atoms. The predicted molar refractivity (Wildman–Crippen MR) is 109 cm³/mol. The van der Waals surface area contributed by atoms with Gasteiger partial charge >= 0.3 is 5.97 Å². The van der Waals surface area contributed by atoms with Gasteiger partial charge in [0.05, 0.1) is 7.11 Å². The van der Waals surface area contributed by atoms with E-state index in [4.69, 9.17) is 9.47 Å². The Hall–Kier alpha value is -3.55. The second-order valence-electron chi connectivity index (χ2n) is 6.00. The maximum atomic E-state index is 12.1. The van der Waals surface area contributed by atoms with Crippen LogP contribution in [0.25, 0.3) is 0 Å². The van der Waals surface area contributed by atoms with Crippen LogP contribution in [0.1, 0.15) is 34.6 Å². The lowest BCUT2D eigenvalue weighted by Crippen LogP contribution is -2.43. The van der Waals surface area contributed by atoms with Gasteiger partial charge in [-0.05, 0) is 50.2 Å². The average molecular weight is 399 g/mol. The summed E-state index contributed by atoms with van der Waals surface area (Å²) in [5.74, 6) is -1.49. The van der Waals surface area contributed by atoms with E-state index in [1.165, 1.54) is 13.2 Å². The van der Waals surface area contributed by atoms with E-state index in [1.54, 1.807) is 30.3 Å². The topological polar surface area (TPSA) is 97.0 Å². The predicted octanol–water partition coefficient (Wildman–Crippen LogP) is 2.16. The van der Waals surface area contributed by atoms with Crippen molar-refractivity contribution in [1.29, 1.82) is 0 Å². The van der Waals surface area contributed by atoms with Crippen molar-refractivity contribution in [2.75, 3.05) is 31.7 Å². The first-order valence-corrected chi connectivity index (χ1v) is 9.24. The molecule has 8 nitrogen and oxygen atoms in total. The number of nitrogens with one attached hydrogen (secondary N) is 2. The van der Waals surface area contributed by atoms with Gasteiger partial charge in [-0.3, -0.25) is 20.4 Å². The number of hydrogen-bond donors (Lipinski definition) is 2. The second kappa shape index (κ2) is 10.7. The molecule has 2 aromatic rings. The summed E-state index contributed by atoms with van der Waals surface area (Å²) in [6, 6.07) is 13.6. The minimum Gasteiger partial charge on any atom is -0.496 e. The molecule has 0 atom stereocenters. The number of hydrazine groups is 1. The van der Waals surface area contributed by atoms with Gasteiger partial charge in [0.2, 0.25) is 0 Å². The van der Waals surface area contributed by atoms with Crippen LogP contribution in [-0.4, -0.2) is 44.6 Å². The smallest absolute Gasteiger partial charge is 0.342 e. The van der Waals surface area contributed by atoms with E-state index in [0.717, 1.165) is 18.8 Å². The Morgan fingerprint density at radius 1 is 0.931 bits per heavy atom. The van der Waals surface area contributed by atoms with Gasteiger partial charge in [0.15, 0.2) is 6.61 Å². The van der Waals surface area contributed by atoms with E-state index in [1.807, 2.05) is 12.1 Å². The Kier molecular flexibility index (Phi) is 8.02. The van der Waals surface area contributed by atoms with Gasteiger partial charge in [0.25, 0.3) is 11.8 Å². The molecule has 0 saturated carbocycles. The lowest BCUT2D eigenvalue weighted by atomic mass is 10.2. The third kappa shape index (κ3) is 5.97.